The van der Waals surface area contributed by atoms with Crippen molar-refractivity contribution in [1.82, 2.24) is 5.32 Å². The molecule has 2 nitrogen and oxygen atoms in total. The fourth-order valence-corrected chi connectivity index (χ4v) is 2.17. The number of rotatable bonds is 7. The zero-order valence-corrected chi connectivity index (χ0v) is 13.2. The molecule has 0 aromatic heterocycles. The van der Waals surface area contributed by atoms with E-state index >= 15 is 0 Å². The number of hydrogen-bond acceptors (Lipinski definition) is 2. The number of benzene rings is 1. The Bertz CT molecular complexity index is 442. The average Bonchev–Trinajstić information content (AvgIpc) is 2.36. The second kappa shape index (κ2) is 7.69. The molecule has 1 aromatic carbocycles. The van der Waals surface area contributed by atoms with Crippen molar-refractivity contribution in [1.29, 1.82) is 0 Å². The van der Waals surface area contributed by atoms with Gasteiger partial charge in [0.15, 0.2) is 0 Å². The van der Waals surface area contributed by atoms with Crippen LogP contribution in [0, 0.1) is 12.8 Å². The Labute approximate surface area is 125 Å². The van der Waals surface area contributed by atoms with Crippen LogP contribution >= 0.6 is 0 Å². The highest BCUT2D eigenvalue weighted by Crippen LogP contribution is 2.24. The van der Waals surface area contributed by atoms with E-state index in [-0.39, 0.29) is 0 Å². The number of alkyl halides is 3. The van der Waals surface area contributed by atoms with Crippen LogP contribution in [0.1, 0.15) is 31.9 Å². The molecule has 1 rings (SSSR count). The van der Waals surface area contributed by atoms with Crippen LogP contribution in [0.2, 0.25) is 0 Å². The molecular formula is C16H25F3N2. The van der Waals surface area contributed by atoms with E-state index in [4.69, 9.17) is 0 Å². The van der Waals surface area contributed by atoms with Crippen molar-refractivity contribution in [3.63, 3.8) is 0 Å². The van der Waals surface area contributed by atoms with Crippen LogP contribution in [0.25, 0.3) is 0 Å². The normalized spacial score (nSPS) is 12.0. The van der Waals surface area contributed by atoms with E-state index in [1.807, 2.05) is 19.1 Å². The number of aryl methyl sites for hydroxylation is 1. The highest BCUT2D eigenvalue weighted by molar-refractivity contribution is 5.51. The van der Waals surface area contributed by atoms with Crippen molar-refractivity contribution >= 4 is 5.69 Å². The number of nitrogens with one attached hydrogen (secondary N) is 1. The minimum absolute atomic E-state index is 0.337. The second-order valence-electron chi connectivity index (χ2n) is 5.76. The topological polar surface area (TPSA) is 15.3 Å². The molecule has 0 saturated heterocycles. The van der Waals surface area contributed by atoms with Gasteiger partial charge in [-0.25, -0.2) is 0 Å². The van der Waals surface area contributed by atoms with Gasteiger partial charge in [0, 0.05) is 18.8 Å². The third kappa shape index (κ3) is 6.38. The summed E-state index contributed by atoms with van der Waals surface area (Å²) in [5, 5.41) is 3.35. The zero-order valence-electron chi connectivity index (χ0n) is 13.2. The van der Waals surface area contributed by atoms with E-state index in [1.54, 1.807) is 13.0 Å². The Kier molecular flexibility index (Phi) is 6.52. The van der Waals surface area contributed by atoms with Gasteiger partial charge in [-0.1, -0.05) is 19.9 Å². The van der Waals surface area contributed by atoms with Crippen molar-refractivity contribution < 1.29 is 13.2 Å². The SMILES string of the molecule is CCN(CC(F)(F)F)c1ccc(CNCC(C)C)c(C)c1. The van der Waals surface area contributed by atoms with Gasteiger partial charge >= 0.3 is 6.18 Å². The van der Waals surface area contributed by atoms with Gasteiger partial charge in [0.05, 0.1) is 0 Å². The van der Waals surface area contributed by atoms with Gasteiger partial charge in [-0.3, -0.25) is 0 Å². The predicted molar refractivity (Wildman–Crippen MR) is 81.7 cm³/mol. The largest absolute Gasteiger partial charge is 0.405 e. The maximum atomic E-state index is 12.5. The Hall–Kier alpha value is -1.23. The monoisotopic (exact) mass is 302 g/mol. The molecule has 0 unspecified atom stereocenters. The molecular weight excluding hydrogens is 277 g/mol. The van der Waals surface area contributed by atoms with Crippen LogP contribution in [0.4, 0.5) is 18.9 Å². The lowest BCUT2D eigenvalue weighted by Crippen LogP contribution is -2.34. The van der Waals surface area contributed by atoms with Crippen LogP contribution < -0.4 is 10.2 Å². The molecule has 0 radical (unpaired) electrons. The second-order valence-corrected chi connectivity index (χ2v) is 5.76. The minimum Gasteiger partial charge on any atom is -0.363 e. The summed E-state index contributed by atoms with van der Waals surface area (Å²) in [6.07, 6.45) is -4.18. The molecule has 5 heteroatoms. The molecule has 1 N–H and O–H groups in total. The van der Waals surface area contributed by atoms with Crippen LogP contribution in [-0.4, -0.2) is 25.8 Å². The lowest BCUT2D eigenvalue weighted by atomic mass is 10.1. The quantitative estimate of drug-likeness (QED) is 0.814. The first-order chi connectivity index (χ1) is 9.73. The molecule has 0 saturated carbocycles. The van der Waals surface area contributed by atoms with Crippen molar-refractivity contribution in [3.05, 3.63) is 29.3 Å². The third-order valence-corrected chi connectivity index (χ3v) is 3.31. The van der Waals surface area contributed by atoms with Gasteiger partial charge in [-0.05, 0) is 49.6 Å². The molecule has 0 spiro atoms. The summed E-state index contributed by atoms with van der Waals surface area (Å²) in [6.45, 7) is 9.05. The van der Waals surface area contributed by atoms with Crippen molar-refractivity contribution in [2.75, 3.05) is 24.5 Å². The van der Waals surface area contributed by atoms with Gasteiger partial charge in [-0.15, -0.1) is 0 Å². The first kappa shape index (κ1) is 17.8. The van der Waals surface area contributed by atoms with Gasteiger partial charge in [0.2, 0.25) is 0 Å². The maximum absolute atomic E-state index is 12.5. The van der Waals surface area contributed by atoms with Crippen LogP contribution in [0.3, 0.4) is 0 Å². The molecule has 0 heterocycles. The molecule has 1 aromatic rings. The summed E-state index contributed by atoms with van der Waals surface area (Å²) in [7, 11) is 0. The standard InChI is InChI=1S/C16H25F3N2/c1-5-21(11-16(17,18)19)15-7-6-14(13(4)8-15)10-20-9-12(2)3/h6-8,12,20H,5,9-11H2,1-4H3. The van der Waals surface area contributed by atoms with E-state index in [0.29, 0.717) is 18.2 Å². The first-order valence-corrected chi connectivity index (χ1v) is 7.35. The number of nitrogens with zero attached hydrogens (tertiary/aromatic N) is 1. The average molecular weight is 302 g/mol. The van der Waals surface area contributed by atoms with Crippen molar-refractivity contribution in [3.8, 4) is 0 Å². The third-order valence-electron chi connectivity index (χ3n) is 3.31. The van der Waals surface area contributed by atoms with E-state index in [9.17, 15) is 13.2 Å². The molecule has 0 aliphatic rings. The minimum atomic E-state index is -4.18. The summed E-state index contributed by atoms with van der Waals surface area (Å²) in [6, 6.07) is 5.52. The number of hydrogen-bond donors (Lipinski definition) is 1. The molecule has 0 bridgehead atoms. The maximum Gasteiger partial charge on any atom is 0.405 e. The fourth-order valence-electron chi connectivity index (χ4n) is 2.17. The van der Waals surface area contributed by atoms with Gasteiger partial charge < -0.3 is 10.2 Å². The predicted octanol–water partition coefficient (Wildman–Crippen LogP) is 4.13. The van der Waals surface area contributed by atoms with E-state index in [2.05, 4.69) is 19.2 Å². The van der Waals surface area contributed by atoms with Gasteiger partial charge in [0.25, 0.3) is 0 Å². The summed E-state index contributed by atoms with van der Waals surface area (Å²) in [4.78, 5) is 1.35. The van der Waals surface area contributed by atoms with Crippen molar-refractivity contribution in [2.24, 2.45) is 5.92 Å². The fraction of sp³-hybridized carbons (Fsp3) is 0.625. The molecule has 0 aliphatic heterocycles. The summed E-state index contributed by atoms with van der Waals surface area (Å²) >= 11 is 0. The molecule has 21 heavy (non-hydrogen) atoms. The Morgan fingerprint density at radius 3 is 2.38 bits per heavy atom. The highest BCUT2D eigenvalue weighted by Gasteiger charge is 2.30. The highest BCUT2D eigenvalue weighted by atomic mass is 19.4. The summed E-state index contributed by atoms with van der Waals surface area (Å²) < 4.78 is 37.6. The molecule has 0 amide bonds. The van der Waals surface area contributed by atoms with Crippen LogP contribution in [0.5, 0.6) is 0 Å². The molecule has 0 atom stereocenters. The molecule has 0 aliphatic carbocycles. The Morgan fingerprint density at radius 2 is 1.90 bits per heavy atom. The molecule has 120 valence electrons. The smallest absolute Gasteiger partial charge is 0.363 e. The summed E-state index contributed by atoms with van der Waals surface area (Å²) in [5.74, 6) is 0.576. The van der Waals surface area contributed by atoms with E-state index in [1.165, 1.54) is 4.90 Å². The lowest BCUT2D eigenvalue weighted by Gasteiger charge is -2.25. The number of halogens is 3. The van der Waals surface area contributed by atoms with Crippen LogP contribution in [-0.2, 0) is 6.54 Å². The summed E-state index contributed by atoms with van der Waals surface area (Å²) in [5.41, 5.74) is 2.77. The van der Waals surface area contributed by atoms with E-state index in [0.717, 1.165) is 24.2 Å². The Balaban J connectivity index is 2.75. The molecule has 0 fully saturated rings. The van der Waals surface area contributed by atoms with Gasteiger partial charge in [-0.2, -0.15) is 13.2 Å². The number of anilines is 1. The Morgan fingerprint density at radius 1 is 1.24 bits per heavy atom. The van der Waals surface area contributed by atoms with Crippen LogP contribution in [0.15, 0.2) is 18.2 Å². The zero-order chi connectivity index (χ0) is 16.0. The first-order valence-electron chi connectivity index (χ1n) is 7.35. The lowest BCUT2D eigenvalue weighted by molar-refractivity contribution is -0.119. The van der Waals surface area contributed by atoms with Gasteiger partial charge in [0.1, 0.15) is 6.54 Å². The van der Waals surface area contributed by atoms with E-state index < -0.39 is 12.7 Å². The van der Waals surface area contributed by atoms with Crippen molar-refractivity contribution in [2.45, 2.75) is 40.4 Å².